The highest BCUT2D eigenvalue weighted by atomic mass is 16.3. The van der Waals surface area contributed by atoms with E-state index in [-0.39, 0.29) is 17.7 Å². The lowest BCUT2D eigenvalue weighted by Crippen LogP contribution is -2.38. The Morgan fingerprint density at radius 3 is 2.71 bits per heavy atom. The van der Waals surface area contributed by atoms with E-state index in [0.29, 0.717) is 18.4 Å². The number of unbranched alkanes of at least 4 members (excludes halogenated alkanes) is 1. The van der Waals surface area contributed by atoms with Gasteiger partial charge in [-0.1, -0.05) is 43.7 Å². The highest BCUT2D eigenvalue weighted by Gasteiger charge is 2.40. The van der Waals surface area contributed by atoms with E-state index in [1.165, 1.54) is 11.3 Å². The second kappa shape index (κ2) is 7.92. The van der Waals surface area contributed by atoms with Gasteiger partial charge in [0.1, 0.15) is 5.56 Å². The normalized spacial score (nSPS) is 20.8. The van der Waals surface area contributed by atoms with E-state index >= 15 is 0 Å². The summed E-state index contributed by atoms with van der Waals surface area (Å²) in [6.07, 6.45) is 5.34. The van der Waals surface area contributed by atoms with Crippen LogP contribution < -0.4 is 10.9 Å². The third-order valence-corrected chi connectivity index (χ3v) is 6.29. The number of carbonyl (C=O) groups excluding carboxylic acids is 1. The van der Waals surface area contributed by atoms with Crippen molar-refractivity contribution < 1.29 is 9.90 Å². The van der Waals surface area contributed by atoms with E-state index in [1.54, 1.807) is 0 Å². The summed E-state index contributed by atoms with van der Waals surface area (Å²) in [7, 11) is 0. The smallest absolute Gasteiger partial charge is 0.263 e. The standard InChI is InChI=1S/C23H28N2O3/c1-2-3-11-25-21-17-10-9-16(12-17)18(21)13-19(23(25)28)22(27)24-20(14-26)15-7-5-4-6-8-15/h4-8,13,16-17,20,26H,2-3,9-12,14H2,1H3,(H,24,27)/t16-,17+,20-/m1/s1. The van der Waals surface area contributed by atoms with Gasteiger partial charge in [0.25, 0.3) is 11.5 Å². The number of amides is 1. The predicted octanol–water partition coefficient (Wildman–Crippen LogP) is 3.48. The molecule has 1 heterocycles. The first-order chi connectivity index (χ1) is 13.6. The number of hydrogen-bond acceptors (Lipinski definition) is 3. The third kappa shape index (κ3) is 3.28. The first-order valence-corrected chi connectivity index (χ1v) is 10.4. The molecule has 2 aliphatic rings. The van der Waals surface area contributed by atoms with Gasteiger partial charge in [0.15, 0.2) is 0 Å². The van der Waals surface area contributed by atoms with Crippen molar-refractivity contribution in [2.75, 3.05) is 6.61 Å². The van der Waals surface area contributed by atoms with Crippen molar-refractivity contribution in [1.82, 2.24) is 9.88 Å². The maximum atomic E-state index is 13.2. The Balaban J connectivity index is 1.68. The van der Waals surface area contributed by atoms with Crippen molar-refractivity contribution in [3.8, 4) is 0 Å². The maximum Gasteiger partial charge on any atom is 0.263 e. The Kier molecular flexibility index (Phi) is 5.36. The van der Waals surface area contributed by atoms with Crippen LogP contribution in [0.2, 0.25) is 0 Å². The number of nitrogens with zero attached hydrogens (tertiary/aromatic N) is 1. The molecule has 5 nitrogen and oxygen atoms in total. The van der Waals surface area contributed by atoms with Crippen LogP contribution in [0.25, 0.3) is 0 Å². The molecule has 0 aliphatic heterocycles. The average molecular weight is 380 g/mol. The van der Waals surface area contributed by atoms with Crippen molar-refractivity contribution in [2.24, 2.45) is 0 Å². The minimum atomic E-state index is -0.526. The van der Waals surface area contributed by atoms with Gasteiger partial charge in [-0.25, -0.2) is 0 Å². The maximum absolute atomic E-state index is 13.2. The van der Waals surface area contributed by atoms with Crippen LogP contribution in [0.4, 0.5) is 0 Å². The molecular formula is C23H28N2O3. The summed E-state index contributed by atoms with van der Waals surface area (Å²) in [6.45, 7) is 2.57. The molecule has 2 N–H and O–H groups in total. The van der Waals surface area contributed by atoms with E-state index in [9.17, 15) is 14.7 Å². The zero-order chi connectivity index (χ0) is 19.7. The molecule has 2 bridgehead atoms. The molecule has 1 saturated carbocycles. The SMILES string of the molecule is CCCCn1c2c(cc(C(=O)N[C@H](CO)c3ccccc3)c1=O)[C@@H]1CC[C@H]2C1. The molecule has 0 unspecified atom stereocenters. The lowest BCUT2D eigenvalue weighted by atomic mass is 9.94. The molecule has 1 aromatic carbocycles. The Morgan fingerprint density at radius 2 is 2.00 bits per heavy atom. The van der Waals surface area contributed by atoms with Gasteiger partial charge in [-0.3, -0.25) is 9.59 Å². The van der Waals surface area contributed by atoms with Crippen molar-refractivity contribution in [1.29, 1.82) is 0 Å². The lowest BCUT2D eigenvalue weighted by molar-refractivity contribution is 0.0913. The number of aliphatic hydroxyl groups excluding tert-OH is 1. The topological polar surface area (TPSA) is 71.3 Å². The highest BCUT2D eigenvalue weighted by Crippen LogP contribution is 2.52. The van der Waals surface area contributed by atoms with Crippen LogP contribution in [0.1, 0.15) is 84.1 Å². The van der Waals surface area contributed by atoms with E-state index < -0.39 is 11.9 Å². The molecule has 2 aliphatic carbocycles. The van der Waals surface area contributed by atoms with Gasteiger partial charge in [-0.05, 0) is 48.8 Å². The summed E-state index contributed by atoms with van der Waals surface area (Å²) in [5, 5.41) is 12.6. The molecule has 1 amide bonds. The van der Waals surface area contributed by atoms with Crippen LogP contribution in [-0.4, -0.2) is 22.2 Å². The third-order valence-electron chi connectivity index (χ3n) is 6.29. The van der Waals surface area contributed by atoms with Crippen molar-refractivity contribution in [3.63, 3.8) is 0 Å². The fourth-order valence-electron chi connectivity index (χ4n) is 4.85. The Hall–Kier alpha value is -2.40. The zero-order valence-electron chi connectivity index (χ0n) is 16.4. The molecule has 28 heavy (non-hydrogen) atoms. The molecule has 4 rings (SSSR count). The van der Waals surface area contributed by atoms with E-state index in [4.69, 9.17) is 0 Å². The number of benzene rings is 1. The van der Waals surface area contributed by atoms with Crippen molar-refractivity contribution in [2.45, 2.75) is 63.5 Å². The quantitative estimate of drug-likeness (QED) is 0.773. The number of nitrogens with one attached hydrogen (secondary N) is 1. The Labute approximate surface area is 165 Å². The number of aromatic nitrogens is 1. The second-order valence-electron chi connectivity index (χ2n) is 8.04. The van der Waals surface area contributed by atoms with Crippen LogP contribution in [0, 0.1) is 0 Å². The van der Waals surface area contributed by atoms with Gasteiger partial charge in [-0.15, -0.1) is 0 Å². The lowest BCUT2D eigenvalue weighted by Gasteiger charge is -2.23. The minimum Gasteiger partial charge on any atom is -0.394 e. The molecule has 0 radical (unpaired) electrons. The average Bonchev–Trinajstić information content (AvgIpc) is 3.33. The van der Waals surface area contributed by atoms with E-state index in [1.807, 2.05) is 41.0 Å². The number of aliphatic hydroxyl groups is 1. The molecule has 0 saturated heterocycles. The van der Waals surface area contributed by atoms with Gasteiger partial charge < -0.3 is 15.0 Å². The van der Waals surface area contributed by atoms with Crippen LogP contribution in [0.15, 0.2) is 41.2 Å². The van der Waals surface area contributed by atoms with Gasteiger partial charge >= 0.3 is 0 Å². The van der Waals surface area contributed by atoms with Crippen molar-refractivity contribution >= 4 is 5.91 Å². The number of pyridine rings is 1. The summed E-state index contributed by atoms with van der Waals surface area (Å²) in [5.41, 5.74) is 3.20. The first kappa shape index (κ1) is 18.9. The molecule has 5 heteroatoms. The summed E-state index contributed by atoms with van der Waals surface area (Å²) in [5.74, 6) is 0.544. The molecule has 1 fully saturated rings. The first-order valence-electron chi connectivity index (χ1n) is 10.4. The minimum absolute atomic E-state index is 0.193. The molecule has 3 atom stereocenters. The summed E-state index contributed by atoms with van der Waals surface area (Å²) < 4.78 is 1.87. The van der Waals surface area contributed by atoms with Gasteiger partial charge in [0.2, 0.25) is 0 Å². The fraction of sp³-hybridized carbons (Fsp3) is 0.478. The number of hydrogen-bond donors (Lipinski definition) is 2. The Morgan fingerprint density at radius 1 is 1.25 bits per heavy atom. The molecular weight excluding hydrogens is 352 g/mol. The second-order valence-corrected chi connectivity index (χ2v) is 8.04. The summed E-state index contributed by atoms with van der Waals surface area (Å²) >= 11 is 0. The number of fused-ring (bicyclic) bond motifs is 5. The van der Waals surface area contributed by atoms with Gasteiger partial charge in [-0.2, -0.15) is 0 Å². The molecule has 1 aromatic heterocycles. The molecule has 0 spiro atoms. The zero-order valence-corrected chi connectivity index (χ0v) is 16.4. The molecule has 148 valence electrons. The van der Waals surface area contributed by atoms with Gasteiger partial charge in [0, 0.05) is 18.2 Å². The van der Waals surface area contributed by atoms with Gasteiger partial charge in [0.05, 0.1) is 12.6 Å². The van der Waals surface area contributed by atoms with Crippen LogP contribution in [0.5, 0.6) is 0 Å². The van der Waals surface area contributed by atoms with Crippen LogP contribution >= 0.6 is 0 Å². The van der Waals surface area contributed by atoms with Crippen LogP contribution in [0.3, 0.4) is 0 Å². The van der Waals surface area contributed by atoms with Crippen molar-refractivity contribution in [3.05, 3.63) is 69.1 Å². The van der Waals surface area contributed by atoms with Crippen LogP contribution in [-0.2, 0) is 6.54 Å². The Bertz CT molecular complexity index is 919. The van der Waals surface area contributed by atoms with E-state index in [0.717, 1.165) is 37.7 Å². The predicted molar refractivity (Wildman–Crippen MR) is 109 cm³/mol. The van der Waals surface area contributed by atoms with E-state index in [2.05, 4.69) is 12.2 Å². The monoisotopic (exact) mass is 380 g/mol. The number of rotatable bonds is 7. The summed E-state index contributed by atoms with van der Waals surface area (Å²) in [4.78, 5) is 26.2. The highest BCUT2D eigenvalue weighted by molar-refractivity contribution is 5.94. The fourth-order valence-corrected chi connectivity index (χ4v) is 4.85. The largest absolute Gasteiger partial charge is 0.394 e. The number of carbonyl (C=O) groups is 1. The summed E-state index contributed by atoms with van der Waals surface area (Å²) in [6, 6.07) is 10.7. The molecule has 2 aromatic rings.